The van der Waals surface area contributed by atoms with Crippen LogP contribution in [0.2, 0.25) is 0 Å². The van der Waals surface area contributed by atoms with Crippen molar-refractivity contribution in [2.45, 2.75) is 83.5 Å². The van der Waals surface area contributed by atoms with E-state index < -0.39 is 5.54 Å². The van der Waals surface area contributed by atoms with Crippen LogP contribution in [0, 0.1) is 0 Å². The van der Waals surface area contributed by atoms with E-state index in [2.05, 4.69) is 5.32 Å². The molecule has 8 nitrogen and oxygen atoms in total. The molecule has 35 heavy (non-hydrogen) atoms. The number of hydrogen-bond donors (Lipinski definition) is 1. The zero-order valence-electron chi connectivity index (χ0n) is 21.4. The van der Waals surface area contributed by atoms with Gasteiger partial charge in [0.15, 0.2) is 0 Å². The van der Waals surface area contributed by atoms with Gasteiger partial charge >= 0.3 is 0 Å². The molecule has 1 N–H and O–H groups in total. The van der Waals surface area contributed by atoms with Gasteiger partial charge in [-0.25, -0.2) is 0 Å². The van der Waals surface area contributed by atoms with E-state index in [1.54, 1.807) is 16.7 Å². The minimum absolute atomic E-state index is 0.102. The average Bonchev–Trinajstić information content (AvgIpc) is 3.28. The van der Waals surface area contributed by atoms with E-state index in [9.17, 15) is 9.59 Å². The Morgan fingerprint density at radius 1 is 1.20 bits per heavy atom. The number of ether oxygens (including phenoxy) is 2. The summed E-state index contributed by atoms with van der Waals surface area (Å²) in [6.45, 7) is 7.15. The van der Waals surface area contributed by atoms with Crippen molar-refractivity contribution in [3.8, 4) is 17.0 Å². The molecule has 190 valence electrons. The van der Waals surface area contributed by atoms with E-state index in [0.717, 1.165) is 37.0 Å². The van der Waals surface area contributed by atoms with Crippen LogP contribution in [-0.4, -0.2) is 64.4 Å². The summed E-state index contributed by atoms with van der Waals surface area (Å²) < 4.78 is 12.7. The Balaban J connectivity index is 1.60. The van der Waals surface area contributed by atoms with Crippen LogP contribution in [0.4, 0.5) is 0 Å². The number of carbonyl (C=O) groups excluding carboxylic acids is 2. The topological polar surface area (TPSA) is 85.7 Å². The largest absolute Gasteiger partial charge is 0.497 e. The minimum atomic E-state index is -1.03. The highest BCUT2D eigenvalue weighted by Gasteiger charge is 2.48. The van der Waals surface area contributed by atoms with E-state index in [4.69, 9.17) is 14.6 Å². The molecule has 0 saturated heterocycles. The molecule has 1 aromatic carbocycles. The number of nitrogens with one attached hydrogen (secondary N) is 1. The third-order valence-corrected chi connectivity index (χ3v) is 7.09. The zero-order valence-corrected chi connectivity index (χ0v) is 21.4. The molecule has 1 fully saturated rings. The number of methoxy groups -OCH3 is 1. The van der Waals surface area contributed by atoms with Gasteiger partial charge in [0.25, 0.3) is 5.91 Å². The van der Waals surface area contributed by atoms with Gasteiger partial charge < -0.3 is 19.7 Å². The quantitative estimate of drug-likeness (QED) is 0.545. The van der Waals surface area contributed by atoms with E-state index in [0.29, 0.717) is 37.5 Å². The highest BCUT2D eigenvalue weighted by atomic mass is 16.5. The Kier molecular flexibility index (Phi) is 7.79. The van der Waals surface area contributed by atoms with Crippen LogP contribution in [0.25, 0.3) is 11.3 Å². The lowest BCUT2D eigenvalue weighted by Gasteiger charge is -2.44. The number of carbonyl (C=O) groups is 2. The third kappa shape index (κ3) is 5.53. The van der Waals surface area contributed by atoms with Crippen LogP contribution in [0.3, 0.4) is 0 Å². The molecule has 0 spiro atoms. The summed E-state index contributed by atoms with van der Waals surface area (Å²) in [5, 5.41) is 7.98. The molecule has 1 aromatic heterocycles. The maximum Gasteiger partial charge on any atom is 0.273 e. The molecule has 1 aliphatic carbocycles. The van der Waals surface area contributed by atoms with E-state index in [1.807, 2.05) is 51.1 Å². The smallest absolute Gasteiger partial charge is 0.273 e. The number of hydrogen-bond acceptors (Lipinski definition) is 5. The molecule has 0 bridgehead atoms. The summed E-state index contributed by atoms with van der Waals surface area (Å²) in [6.07, 6.45) is 6.25. The van der Waals surface area contributed by atoms with Crippen LogP contribution in [0.15, 0.2) is 30.3 Å². The van der Waals surface area contributed by atoms with Gasteiger partial charge in [-0.1, -0.05) is 19.3 Å². The number of aromatic nitrogens is 2. The van der Waals surface area contributed by atoms with Crippen molar-refractivity contribution in [2.75, 3.05) is 20.3 Å². The second kappa shape index (κ2) is 10.8. The molecular formula is C27H38N4O4. The van der Waals surface area contributed by atoms with E-state index >= 15 is 0 Å². The van der Waals surface area contributed by atoms with Gasteiger partial charge in [-0.15, -0.1) is 0 Å². The molecule has 1 atom stereocenters. The lowest BCUT2D eigenvalue weighted by atomic mass is 9.91. The second-order valence-electron chi connectivity index (χ2n) is 10.1. The monoisotopic (exact) mass is 482 g/mol. The maximum atomic E-state index is 13.7. The fourth-order valence-electron chi connectivity index (χ4n) is 5.02. The van der Waals surface area contributed by atoms with Crippen molar-refractivity contribution in [3.63, 3.8) is 0 Å². The van der Waals surface area contributed by atoms with Crippen molar-refractivity contribution >= 4 is 11.8 Å². The number of fused-ring (bicyclic) bond motifs is 1. The zero-order chi connectivity index (χ0) is 25.0. The molecule has 0 radical (unpaired) electrons. The third-order valence-electron chi connectivity index (χ3n) is 7.09. The number of rotatable bonds is 9. The van der Waals surface area contributed by atoms with Gasteiger partial charge in [-0.2, -0.15) is 5.10 Å². The summed E-state index contributed by atoms with van der Waals surface area (Å²) in [5.41, 5.74) is 1.08. The van der Waals surface area contributed by atoms with Crippen molar-refractivity contribution in [2.24, 2.45) is 0 Å². The minimum Gasteiger partial charge on any atom is -0.497 e. The molecule has 2 aliphatic rings. The predicted octanol–water partition coefficient (Wildman–Crippen LogP) is 4.04. The van der Waals surface area contributed by atoms with Gasteiger partial charge in [-0.3, -0.25) is 14.3 Å². The van der Waals surface area contributed by atoms with Crippen LogP contribution < -0.4 is 10.1 Å². The maximum absolute atomic E-state index is 13.7. The highest BCUT2D eigenvalue weighted by Crippen LogP contribution is 2.31. The first-order chi connectivity index (χ1) is 16.8. The number of amides is 2. The molecular weight excluding hydrogens is 444 g/mol. The normalized spacial score (nSPS) is 20.7. The fourth-order valence-corrected chi connectivity index (χ4v) is 5.02. The summed E-state index contributed by atoms with van der Waals surface area (Å²) in [4.78, 5) is 29.1. The predicted molar refractivity (Wildman–Crippen MR) is 134 cm³/mol. The Bertz CT molecular complexity index is 1030. The Labute approximate surface area is 208 Å². The van der Waals surface area contributed by atoms with Gasteiger partial charge in [0.1, 0.15) is 17.0 Å². The van der Waals surface area contributed by atoms with Gasteiger partial charge in [0.2, 0.25) is 5.91 Å². The van der Waals surface area contributed by atoms with Gasteiger partial charge in [0.05, 0.1) is 25.5 Å². The van der Waals surface area contributed by atoms with Crippen LogP contribution in [-0.2, 0) is 16.1 Å². The first-order valence-electron chi connectivity index (χ1n) is 12.8. The summed E-state index contributed by atoms with van der Waals surface area (Å²) >= 11 is 0. The Morgan fingerprint density at radius 3 is 2.57 bits per heavy atom. The van der Waals surface area contributed by atoms with E-state index in [-0.39, 0.29) is 24.0 Å². The second-order valence-corrected chi connectivity index (χ2v) is 10.1. The standard InChI is InChI=1S/C27H38N4O4/c1-19(2)35-16-8-15-30-25(32)24-17-23(20-11-13-22(34-4)14-12-20)29-31(24)18-27(30,3)26(33)28-21-9-6-5-7-10-21/h11-14,17,19,21H,5-10,15-16,18H2,1-4H3,(H,28,33)/t27-/m1/s1. The van der Waals surface area contributed by atoms with Crippen molar-refractivity contribution in [3.05, 3.63) is 36.0 Å². The van der Waals surface area contributed by atoms with Crippen molar-refractivity contribution in [1.82, 2.24) is 20.0 Å². The van der Waals surface area contributed by atoms with Crippen LogP contribution >= 0.6 is 0 Å². The number of benzene rings is 1. The molecule has 4 rings (SSSR count). The summed E-state index contributed by atoms with van der Waals surface area (Å²) in [5.74, 6) is 0.486. The Hall–Kier alpha value is -2.87. The first-order valence-corrected chi connectivity index (χ1v) is 12.8. The van der Waals surface area contributed by atoms with E-state index in [1.165, 1.54) is 6.42 Å². The molecule has 1 saturated carbocycles. The van der Waals surface area contributed by atoms with Gasteiger partial charge in [0, 0.05) is 24.8 Å². The first kappa shape index (κ1) is 25.2. The van der Waals surface area contributed by atoms with Crippen LogP contribution in [0.1, 0.15) is 69.8 Å². The molecule has 1 aliphatic heterocycles. The van der Waals surface area contributed by atoms with Crippen LogP contribution in [0.5, 0.6) is 5.75 Å². The van der Waals surface area contributed by atoms with Crippen molar-refractivity contribution < 1.29 is 19.1 Å². The molecule has 2 amide bonds. The Morgan fingerprint density at radius 2 is 1.91 bits per heavy atom. The lowest BCUT2D eigenvalue weighted by molar-refractivity contribution is -0.134. The number of nitrogens with zero attached hydrogens (tertiary/aromatic N) is 3. The lowest BCUT2D eigenvalue weighted by Crippen LogP contribution is -2.65. The summed E-state index contributed by atoms with van der Waals surface area (Å²) in [7, 11) is 1.63. The SMILES string of the molecule is COc1ccc(-c2cc3n(n2)C[C@](C)(C(=O)NC2CCCCC2)N(CCCOC(C)C)C3=O)cc1. The average molecular weight is 483 g/mol. The fraction of sp³-hybridized carbons (Fsp3) is 0.593. The molecule has 8 heteroatoms. The van der Waals surface area contributed by atoms with Crippen molar-refractivity contribution in [1.29, 1.82) is 0 Å². The van der Waals surface area contributed by atoms with Gasteiger partial charge in [-0.05, 0) is 70.4 Å². The highest BCUT2D eigenvalue weighted by molar-refractivity contribution is 6.00. The molecule has 2 heterocycles. The molecule has 0 unspecified atom stereocenters. The molecule has 2 aromatic rings. The summed E-state index contributed by atoms with van der Waals surface area (Å²) in [6, 6.07) is 9.58.